The van der Waals surface area contributed by atoms with Crippen LogP contribution >= 0.6 is 0 Å². The zero-order valence-corrected chi connectivity index (χ0v) is 24.7. The third-order valence-electron chi connectivity index (χ3n) is 7.31. The summed E-state index contributed by atoms with van der Waals surface area (Å²) in [7, 11) is 1.48. The number of aliphatic hydroxyl groups excluding tert-OH is 1. The van der Waals surface area contributed by atoms with Crippen LogP contribution in [-0.4, -0.2) is 71.8 Å². The van der Waals surface area contributed by atoms with Crippen LogP contribution in [0.4, 0.5) is 44.2 Å². The van der Waals surface area contributed by atoms with Crippen LogP contribution in [0.25, 0.3) is 0 Å². The number of hydrogen-bond donors (Lipinski definition) is 4. The number of nitrogens with one attached hydrogen (secondary N) is 3. The zero-order valence-electron chi connectivity index (χ0n) is 24.7. The van der Waals surface area contributed by atoms with Gasteiger partial charge in [-0.05, 0) is 67.6 Å². The van der Waals surface area contributed by atoms with Gasteiger partial charge in [0, 0.05) is 30.9 Å². The molecule has 1 heterocycles. The third kappa shape index (κ3) is 8.20. The first-order valence-corrected chi connectivity index (χ1v) is 14.0. The van der Waals surface area contributed by atoms with Crippen molar-refractivity contribution in [1.29, 1.82) is 0 Å². The fraction of sp³-hybridized carbons (Fsp3) is 0.323. The maximum absolute atomic E-state index is 13.6. The SMILES string of the molecule is C[C@@H]1CN([C@H](C)CO)C(=O)c2cccc(NC(=O)Nc3ccc(F)cc3)c2O[C@@H]1CN(C)C(=O)Nc1ccc(C(F)(F)F)cc1. The van der Waals surface area contributed by atoms with Crippen molar-refractivity contribution in [3.05, 3.63) is 83.7 Å². The van der Waals surface area contributed by atoms with Crippen molar-refractivity contribution in [2.45, 2.75) is 32.2 Å². The minimum atomic E-state index is -4.51. The van der Waals surface area contributed by atoms with Crippen LogP contribution in [0.1, 0.15) is 29.8 Å². The van der Waals surface area contributed by atoms with Crippen molar-refractivity contribution >= 4 is 35.0 Å². The van der Waals surface area contributed by atoms with E-state index in [4.69, 9.17) is 4.74 Å². The maximum atomic E-state index is 13.6. The molecule has 0 spiro atoms. The van der Waals surface area contributed by atoms with E-state index >= 15 is 0 Å². The summed E-state index contributed by atoms with van der Waals surface area (Å²) in [6, 6.07) is 11.9. The molecule has 5 amide bonds. The highest BCUT2D eigenvalue weighted by atomic mass is 19.4. The number of halogens is 4. The smallest absolute Gasteiger partial charge is 0.416 e. The largest absolute Gasteiger partial charge is 0.485 e. The quantitative estimate of drug-likeness (QED) is 0.243. The Morgan fingerprint density at radius 1 is 1.02 bits per heavy atom. The molecule has 45 heavy (non-hydrogen) atoms. The van der Waals surface area contributed by atoms with Gasteiger partial charge < -0.3 is 35.6 Å². The maximum Gasteiger partial charge on any atom is 0.416 e. The monoisotopic (exact) mass is 631 g/mol. The van der Waals surface area contributed by atoms with Crippen molar-refractivity contribution in [2.75, 3.05) is 42.7 Å². The van der Waals surface area contributed by atoms with E-state index < -0.39 is 53.6 Å². The second-order valence-electron chi connectivity index (χ2n) is 10.8. The number of carbonyl (C=O) groups is 3. The Bertz CT molecular complexity index is 1520. The van der Waals surface area contributed by atoms with Crippen LogP contribution in [0.3, 0.4) is 0 Å². The number of nitrogens with zero attached hydrogens (tertiary/aromatic N) is 2. The fourth-order valence-corrected chi connectivity index (χ4v) is 4.69. The lowest BCUT2D eigenvalue weighted by Crippen LogP contribution is -2.50. The molecule has 10 nitrogen and oxygen atoms in total. The lowest BCUT2D eigenvalue weighted by molar-refractivity contribution is -0.137. The van der Waals surface area contributed by atoms with E-state index in [1.54, 1.807) is 19.9 Å². The third-order valence-corrected chi connectivity index (χ3v) is 7.31. The molecule has 0 aromatic heterocycles. The van der Waals surface area contributed by atoms with E-state index in [1.807, 2.05) is 0 Å². The molecule has 0 saturated heterocycles. The minimum absolute atomic E-state index is 0.0152. The molecule has 0 saturated carbocycles. The average Bonchev–Trinajstić information content (AvgIpc) is 2.99. The first kappa shape index (κ1) is 33.1. The van der Waals surface area contributed by atoms with Gasteiger partial charge in [-0.2, -0.15) is 13.2 Å². The number of anilines is 3. The normalized spacial score (nSPS) is 17.2. The summed E-state index contributed by atoms with van der Waals surface area (Å²) in [6.45, 7) is 3.33. The first-order chi connectivity index (χ1) is 21.3. The highest BCUT2D eigenvalue weighted by molar-refractivity contribution is 6.04. The van der Waals surface area contributed by atoms with Gasteiger partial charge in [-0.15, -0.1) is 0 Å². The molecule has 0 fully saturated rings. The summed E-state index contributed by atoms with van der Waals surface area (Å²) in [5.41, 5.74) is -0.114. The van der Waals surface area contributed by atoms with Gasteiger partial charge in [0.25, 0.3) is 5.91 Å². The van der Waals surface area contributed by atoms with Gasteiger partial charge in [0.1, 0.15) is 11.9 Å². The lowest BCUT2D eigenvalue weighted by Gasteiger charge is -2.38. The molecule has 0 unspecified atom stereocenters. The predicted molar refractivity (Wildman–Crippen MR) is 160 cm³/mol. The molecule has 0 bridgehead atoms. The van der Waals surface area contributed by atoms with Crippen molar-refractivity contribution < 1.29 is 41.8 Å². The molecule has 3 aromatic carbocycles. The summed E-state index contributed by atoms with van der Waals surface area (Å²) in [5, 5.41) is 17.7. The summed E-state index contributed by atoms with van der Waals surface area (Å²) in [4.78, 5) is 42.3. The standard InChI is InChI=1S/C31H33F4N5O5/c1-18-15-40(19(2)17-41)28(42)24-5-4-6-25(38-29(43)36-22-13-9-21(32)10-14-22)27(24)45-26(18)16-39(3)30(44)37-23-11-7-20(8-12-23)31(33,34)35/h4-14,18-19,26,41H,15-17H2,1-3H3,(H,37,44)(H2,36,38,43)/t18-,19-,26-/m1/s1. The van der Waals surface area contributed by atoms with Gasteiger partial charge in [0.2, 0.25) is 0 Å². The molecule has 3 aromatic rings. The molecule has 3 atom stereocenters. The number of urea groups is 2. The molecular weight excluding hydrogens is 598 g/mol. The summed E-state index contributed by atoms with van der Waals surface area (Å²) >= 11 is 0. The van der Waals surface area contributed by atoms with E-state index in [1.165, 1.54) is 53.2 Å². The number of amides is 5. The number of hydrogen-bond acceptors (Lipinski definition) is 5. The number of alkyl halides is 3. The first-order valence-electron chi connectivity index (χ1n) is 14.0. The van der Waals surface area contributed by atoms with Gasteiger partial charge in [-0.25, -0.2) is 14.0 Å². The summed E-state index contributed by atoms with van der Waals surface area (Å²) < 4.78 is 58.4. The molecule has 4 N–H and O–H groups in total. The minimum Gasteiger partial charge on any atom is -0.485 e. The van der Waals surface area contributed by atoms with E-state index in [0.29, 0.717) is 5.69 Å². The Kier molecular flexibility index (Phi) is 10.2. The Balaban J connectivity index is 1.58. The van der Waals surface area contributed by atoms with Crippen LogP contribution in [0.5, 0.6) is 5.75 Å². The van der Waals surface area contributed by atoms with Crippen LogP contribution in [0.2, 0.25) is 0 Å². The number of carbonyl (C=O) groups excluding carboxylic acids is 3. The fourth-order valence-electron chi connectivity index (χ4n) is 4.69. The van der Waals surface area contributed by atoms with Gasteiger partial charge in [0.05, 0.1) is 36.0 Å². The number of aliphatic hydroxyl groups is 1. The molecule has 240 valence electrons. The van der Waals surface area contributed by atoms with Crippen LogP contribution in [0.15, 0.2) is 66.7 Å². The van der Waals surface area contributed by atoms with E-state index in [0.717, 1.165) is 24.3 Å². The second-order valence-corrected chi connectivity index (χ2v) is 10.8. The van der Waals surface area contributed by atoms with Crippen molar-refractivity contribution in [3.8, 4) is 5.75 Å². The van der Waals surface area contributed by atoms with Crippen LogP contribution in [-0.2, 0) is 6.18 Å². The van der Waals surface area contributed by atoms with Crippen molar-refractivity contribution in [3.63, 3.8) is 0 Å². The van der Waals surface area contributed by atoms with Crippen LogP contribution < -0.4 is 20.7 Å². The van der Waals surface area contributed by atoms with Crippen LogP contribution in [0, 0.1) is 11.7 Å². The van der Waals surface area contributed by atoms with Gasteiger partial charge in [-0.3, -0.25) is 4.79 Å². The number of benzene rings is 3. The van der Waals surface area contributed by atoms with Gasteiger partial charge in [0.15, 0.2) is 5.75 Å². The molecular formula is C31H33F4N5O5. The number of rotatable bonds is 7. The zero-order chi connectivity index (χ0) is 32.9. The van der Waals surface area contributed by atoms with Crippen molar-refractivity contribution in [1.82, 2.24) is 9.80 Å². The summed E-state index contributed by atoms with van der Waals surface area (Å²) in [6.07, 6.45) is -5.25. The van der Waals surface area contributed by atoms with E-state index in [2.05, 4.69) is 16.0 Å². The Labute approximate surface area is 257 Å². The Hall–Kier alpha value is -4.85. The average molecular weight is 632 g/mol. The number of likely N-dealkylation sites (N-methyl/N-ethyl adjacent to an activating group) is 1. The van der Waals surface area contributed by atoms with Gasteiger partial charge in [-0.1, -0.05) is 13.0 Å². The lowest BCUT2D eigenvalue weighted by atomic mass is 9.99. The molecule has 4 rings (SSSR count). The second kappa shape index (κ2) is 13.8. The number of ether oxygens (including phenoxy) is 1. The number of fused-ring (bicyclic) bond motifs is 1. The Morgan fingerprint density at radius 2 is 1.64 bits per heavy atom. The highest BCUT2D eigenvalue weighted by Gasteiger charge is 2.35. The molecule has 0 aliphatic carbocycles. The molecule has 1 aliphatic rings. The number of para-hydroxylation sites is 1. The summed E-state index contributed by atoms with van der Waals surface area (Å²) in [5.74, 6) is -1.26. The van der Waals surface area contributed by atoms with Gasteiger partial charge >= 0.3 is 18.2 Å². The van der Waals surface area contributed by atoms with E-state index in [-0.39, 0.29) is 42.4 Å². The molecule has 0 radical (unpaired) electrons. The van der Waals surface area contributed by atoms with E-state index in [9.17, 15) is 37.1 Å². The Morgan fingerprint density at radius 3 is 2.27 bits per heavy atom. The molecule has 14 heteroatoms. The topological polar surface area (TPSA) is 123 Å². The van der Waals surface area contributed by atoms with Crippen molar-refractivity contribution in [2.24, 2.45) is 5.92 Å². The highest BCUT2D eigenvalue weighted by Crippen LogP contribution is 2.35. The molecule has 1 aliphatic heterocycles. The predicted octanol–water partition coefficient (Wildman–Crippen LogP) is 5.87.